The van der Waals surface area contributed by atoms with Crippen molar-refractivity contribution in [3.63, 3.8) is 0 Å². The average Bonchev–Trinajstić information content (AvgIpc) is 3.33. The van der Waals surface area contributed by atoms with Gasteiger partial charge in [-0.05, 0) is 125 Å². The summed E-state index contributed by atoms with van der Waals surface area (Å²) in [6.07, 6.45) is -17.2. The van der Waals surface area contributed by atoms with Gasteiger partial charge < -0.3 is 18.9 Å². The first kappa shape index (κ1) is 63.6. The summed E-state index contributed by atoms with van der Waals surface area (Å²) in [7, 11) is -0.594. The van der Waals surface area contributed by atoms with Gasteiger partial charge in [0, 0.05) is 28.6 Å². The van der Waals surface area contributed by atoms with E-state index >= 15 is 0 Å². The number of nitrogens with zero attached hydrogens (tertiary/aromatic N) is 1. The lowest BCUT2D eigenvalue weighted by atomic mass is 9.78. The van der Waals surface area contributed by atoms with E-state index in [1.54, 1.807) is 63.2 Å². The highest BCUT2D eigenvalue weighted by Gasteiger charge is 2.46. The fourth-order valence-electron chi connectivity index (χ4n) is 6.57. The molecule has 0 spiro atoms. The Morgan fingerprint density at radius 2 is 1.06 bits per heavy atom. The second-order valence-electron chi connectivity index (χ2n) is 18.5. The fraction of sp³-hybridized carbons (Fsp3) is 0.315. The minimum absolute atomic E-state index is 0.0292. The molecule has 3 atom stereocenters. The molecule has 0 aliphatic carbocycles. The quantitative estimate of drug-likeness (QED) is 0.0680. The summed E-state index contributed by atoms with van der Waals surface area (Å²) in [4.78, 5) is 0. The SMILES string of the molecule is COc1cc(C(Cc2ccccc2)=N[S@](=O)C(C)(C)C)ccc1F.COc1cc([C@@](Cc2ccccc2)(N[S@](=O)C(C)(C)C)c2cc(F)cc(OC(F)(F)C(F)F)c2)ccc1F.Fc1cc(Br)cc(OC(F)(F)C(F)F)c1. The van der Waals surface area contributed by atoms with Crippen molar-refractivity contribution in [2.45, 2.75) is 94.5 Å². The molecule has 0 amide bonds. The summed E-state index contributed by atoms with van der Waals surface area (Å²) >= 11 is 2.81. The van der Waals surface area contributed by atoms with E-state index in [1.807, 2.05) is 51.1 Å². The smallest absolute Gasteiger partial charge is 0.461 e. The molecule has 0 fully saturated rings. The molecule has 6 aromatic rings. The molecule has 0 heterocycles. The lowest BCUT2D eigenvalue weighted by molar-refractivity contribution is -0.253. The third-order valence-electron chi connectivity index (χ3n) is 10.4. The third-order valence-corrected chi connectivity index (χ3v) is 13.9. The molecule has 8 nitrogen and oxygen atoms in total. The van der Waals surface area contributed by atoms with Gasteiger partial charge in [-0.1, -0.05) is 82.7 Å². The monoisotopic (exact) mass is 1200 g/mol. The number of benzene rings is 6. The molecule has 0 saturated heterocycles. The molecule has 0 aromatic heterocycles. The zero-order chi connectivity index (χ0) is 57.7. The van der Waals surface area contributed by atoms with Crippen LogP contribution in [0.25, 0.3) is 0 Å². The second kappa shape index (κ2) is 27.1. The van der Waals surface area contributed by atoms with Crippen LogP contribution in [-0.2, 0) is 40.4 Å². The Kier molecular flexibility index (Phi) is 22.4. The van der Waals surface area contributed by atoms with Crippen LogP contribution in [0.5, 0.6) is 23.0 Å². The zero-order valence-corrected chi connectivity index (χ0v) is 45.6. The summed E-state index contributed by atoms with van der Waals surface area (Å²) in [6.45, 7) is 10.7. The molecule has 418 valence electrons. The van der Waals surface area contributed by atoms with E-state index in [4.69, 9.17) is 9.47 Å². The van der Waals surface area contributed by atoms with Crippen molar-refractivity contribution in [1.82, 2.24) is 4.72 Å². The van der Waals surface area contributed by atoms with Gasteiger partial charge in [-0.2, -0.15) is 39.5 Å². The standard InChI is InChI=1S/C27H27F6NO3S.C19H22FNO2S.C8H4BrF5O/c1-25(2,3)38(35)34-26(16-17-8-6-5-7-9-17,18-10-11-22(29)23(14-18)36-4)19-12-20(28)15-21(13-19)37-27(32,33)24(30)31;1-19(2,3)24(22)21-17(12-14-8-6-5-7-9-14)15-10-11-16(20)18(13-15)23-4;9-4-1-5(10)3-6(2-4)15-8(13,14)7(11)12/h5-15,24,34H,16H2,1-4H3;5-11,13H,12H2,1-4H3;1-3,7H/t26-,38-;24-;/m11./s1. The molecule has 0 bridgehead atoms. The van der Waals surface area contributed by atoms with E-state index in [2.05, 4.69) is 34.5 Å². The lowest BCUT2D eigenvalue weighted by Gasteiger charge is -2.38. The van der Waals surface area contributed by atoms with Crippen LogP contribution in [-0.4, -0.2) is 62.9 Å². The first-order valence-corrected chi connectivity index (χ1v) is 25.8. The number of alkyl halides is 8. The molecule has 0 radical (unpaired) electrons. The van der Waals surface area contributed by atoms with Crippen LogP contribution in [0.15, 0.2) is 142 Å². The van der Waals surface area contributed by atoms with E-state index in [9.17, 15) is 61.1 Å². The lowest BCUT2D eigenvalue weighted by Crippen LogP contribution is -2.50. The molecule has 23 heteroatoms. The maximum Gasteiger partial charge on any atom is 0.461 e. The Morgan fingerprint density at radius 1 is 0.584 bits per heavy atom. The minimum atomic E-state index is -4.89. The van der Waals surface area contributed by atoms with E-state index in [0.717, 1.165) is 35.9 Å². The zero-order valence-electron chi connectivity index (χ0n) is 42.4. The van der Waals surface area contributed by atoms with Crippen molar-refractivity contribution < 1.29 is 80.1 Å². The molecule has 6 rings (SSSR count). The first-order valence-electron chi connectivity index (χ1n) is 22.7. The largest absolute Gasteiger partial charge is 0.494 e. The Labute approximate surface area is 451 Å². The molecule has 0 aliphatic rings. The van der Waals surface area contributed by atoms with E-state index in [-0.39, 0.29) is 33.5 Å². The summed E-state index contributed by atoms with van der Waals surface area (Å²) in [5.74, 6) is -4.66. The highest BCUT2D eigenvalue weighted by molar-refractivity contribution is 9.10. The molecular formula is C54H53BrF12N2O6S2. The topological polar surface area (TPSA) is 95.5 Å². The molecule has 0 aliphatic heterocycles. The molecule has 0 unspecified atom stereocenters. The maximum absolute atomic E-state index is 14.9. The maximum atomic E-state index is 14.9. The summed E-state index contributed by atoms with van der Waals surface area (Å²) in [5.41, 5.74) is 1.56. The van der Waals surface area contributed by atoms with Gasteiger partial charge in [0.05, 0.1) is 45.9 Å². The normalized spacial score (nSPS) is 13.8. The van der Waals surface area contributed by atoms with E-state index in [1.165, 1.54) is 32.4 Å². The van der Waals surface area contributed by atoms with Crippen LogP contribution in [0.2, 0.25) is 0 Å². The van der Waals surface area contributed by atoms with Gasteiger partial charge in [0.2, 0.25) is 0 Å². The number of halogens is 13. The summed E-state index contributed by atoms with van der Waals surface area (Å²) < 4.78 is 207. The van der Waals surface area contributed by atoms with Gasteiger partial charge in [0.15, 0.2) is 23.1 Å². The number of nitrogens with one attached hydrogen (secondary N) is 1. The molecule has 0 saturated carbocycles. The van der Waals surface area contributed by atoms with Crippen molar-refractivity contribution in [2.24, 2.45) is 4.40 Å². The van der Waals surface area contributed by atoms with Crippen LogP contribution in [0, 0.1) is 23.3 Å². The van der Waals surface area contributed by atoms with Crippen LogP contribution in [0.4, 0.5) is 52.7 Å². The molecule has 1 N–H and O–H groups in total. The van der Waals surface area contributed by atoms with Crippen molar-refractivity contribution in [1.29, 1.82) is 0 Å². The highest BCUT2D eigenvalue weighted by atomic mass is 79.9. The Morgan fingerprint density at radius 3 is 1.55 bits per heavy atom. The van der Waals surface area contributed by atoms with Gasteiger partial charge in [-0.25, -0.2) is 30.7 Å². The first-order chi connectivity index (χ1) is 35.8. The fourth-order valence-corrected chi connectivity index (χ4v) is 8.59. The third kappa shape index (κ3) is 18.6. The van der Waals surface area contributed by atoms with Gasteiger partial charge in [0.1, 0.15) is 34.1 Å². The number of methoxy groups -OCH3 is 2. The Bertz CT molecular complexity index is 2960. The van der Waals surface area contributed by atoms with Crippen molar-refractivity contribution in [3.8, 4) is 23.0 Å². The molecular weight excluding hydrogens is 1140 g/mol. The Hall–Kier alpha value is -5.91. The Balaban J connectivity index is 0.000000278. The number of hydrogen-bond donors (Lipinski definition) is 1. The predicted molar refractivity (Wildman–Crippen MR) is 276 cm³/mol. The van der Waals surface area contributed by atoms with E-state index < -0.39 is 96.8 Å². The van der Waals surface area contributed by atoms with Crippen molar-refractivity contribution in [2.75, 3.05) is 14.2 Å². The minimum Gasteiger partial charge on any atom is -0.494 e. The molecule has 77 heavy (non-hydrogen) atoms. The van der Waals surface area contributed by atoms with Crippen molar-refractivity contribution >= 4 is 43.6 Å². The molecule has 6 aromatic carbocycles. The highest BCUT2D eigenvalue weighted by Crippen LogP contribution is 2.40. The van der Waals surface area contributed by atoms with Gasteiger partial charge in [-0.15, -0.1) is 0 Å². The predicted octanol–water partition coefficient (Wildman–Crippen LogP) is 14.9. The van der Waals surface area contributed by atoms with Crippen LogP contribution < -0.4 is 23.7 Å². The number of ether oxygens (including phenoxy) is 4. The number of hydrogen-bond acceptors (Lipinski definition) is 6. The van der Waals surface area contributed by atoms with Crippen LogP contribution >= 0.6 is 15.9 Å². The van der Waals surface area contributed by atoms with Gasteiger partial charge in [0.25, 0.3) is 0 Å². The van der Waals surface area contributed by atoms with Crippen LogP contribution in [0.3, 0.4) is 0 Å². The average molecular weight is 1200 g/mol. The number of rotatable bonds is 18. The van der Waals surface area contributed by atoms with Crippen molar-refractivity contribution in [3.05, 3.63) is 189 Å². The summed E-state index contributed by atoms with van der Waals surface area (Å²) in [5, 5.41) is 0. The van der Waals surface area contributed by atoms with Crippen LogP contribution in [0.1, 0.15) is 69.4 Å². The summed E-state index contributed by atoms with van der Waals surface area (Å²) in [6, 6.07) is 31.8. The van der Waals surface area contributed by atoms with Gasteiger partial charge in [-0.3, -0.25) is 0 Å². The van der Waals surface area contributed by atoms with E-state index in [0.29, 0.717) is 35.4 Å². The second-order valence-corrected chi connectivity index (χ2v) is 23.3. The van der Waals surface area contributed by atoms with Gasteiger partial charge >= 0.3 is 25.1 Å².